The molecule has 2 rings (SSSR count). The summed E-state index contributed by atoms with van der Waals surface area (Å²) in [5.74, 6) is 0.539. The van der Waals surface area contributed by atoms with Crippen LogP contribution in [0.15, 0.2) is 30.7 Å². The summed E-state index contributed by atoms with van der Waals surface area (Å²) in [7, 11) is 1.79. The lowest BCUT2D eigenvalue weighted by atomic mass is 10.2. The third-order valence-corrected chi connectivity index (χ3v) is 2.85. The van der Waals surface area contributed by atoms with Crippen molar-refractivity contribution in [2.45, 2.75) is 19.4 Å². The predicted octanol–water partition coefficient (Wildman–Crippen LogP) is 0.711. The van der Waals surface area contributed by atoms with Gasteiger partial charge in [0.25, 0.3) is 5.91 Å². The SMILES string of the molecule is CC(O)CCNC(=O)c1cnn(C)c1-n1cccc1. The Labute approximate surface area is 111 Å². The molecule has 6 heteroatoms. The summed E-state index contributed by atoms with van der Waals surface area (Å²) < 4.78 is 3.50. The fraction of sp³-hybridized carbons (Fsp3) is 0.385. The molecule has 0 bridgehead atoms. The number of rotatable bonds is 5. The van der Waals surface area contributed by atoms with Crippen molar-refractivity contribution in [1.82, 2.24) is 19.7 Å². The van der Waals surface area contributed by atoms with Crippen LogP contribution in [0.4, 0.5) is 0 Å². The van der Waals surface area contributed by atoms with Crippen LogP contribution in [0.2, 0.25) is 0 Å². The van der Waals surface area contributed by atoms with Gasteiger partial charge in [0.05, 0.1) is 12.3 Å². The maximum Gasteiger partial charge on any atom is 0.256 e. The van der Waals surface area contributed by atoms with Crippen molar-refractivity contribution in [1.29, 1.82) is 0 Å². The minimum atomic E-state index is -0.418. The molecule has 1 atom stereocenters. The van der Waals surface area contributed by atoms with Crippen LogP contribution in [0.5, 0.6) is 0 Å². The highest BCUT2D eigenvalue weighted by molar-refractivity contribution is 5.97. The molecule has 0 saturated heterocycles. The Balaban J connectivity index is 2.15. The summed E-state index contributed by atoms with van der Waals surface area (Å²) in [6.45, 7) is 2.14. The second-order valence-corrected chi connectivity index (χ2v) is 4.49. The highest BCUT2D eigenvalue weighted by Crippen LogP contribution is 2.13. The number of nitrogens with one attached hydrogen (secondary N) is 1. The van der Waals surface area contributed by atoms with Gasteiger partial charge in [-0.15, -0.1) is 0 Å². The Hall–Kier alpha value is -2.08. The molecule has 0 aromatic carbocycles. The van der Waals surface area contributed by atoms with E-state index < -0.39 is 6.10 Å². The summed E-state index contributed by atoms with van der Waals surface area (Å²) in [6, 6.07) is 3.78. The molecule has 0 fully saturated rings. The number of aryl methyl sites for hydroxylation is 1. The van der Waals surface area contributed by atoms with Crippen molar-refractivity contribution >= 4 is 5.91 Å². The van der Waals surface area contributed by atoms with Crippen molar-refractivity contribution in [3.05, 3.63) is 36.3 Å². The first-order valence-electron chi connectivity index (χ1n) is 6.21. The molecule has 2 heterocycles. The third kappa shape index (κ3) is 3.03. The van der Waals surface area contributed by atoms with Crippen LogP contribution in [-0.2, 0) is 7.05 Å². The molecule has 102 valence electrons. The normalized spacial score (nSPS) is 12.4. The van der Waals surface area contributed by atoms with Crippen LogP contribution < -0.4 is 5.32 Å². The van der Waals surface area contributed by atoms with Crippen molar-refractivity contribution in [3.63, 3.8) is 0 Å². The number of aliphatic hydroxyl groups excluding tert-OH is 1. The first kappa shape index (κ1) is 13.4. The van der Waals surface area contributed by atoms with E-state index in [1.165, 1.54) is 0 Å². The zero-order valence-electron chi connectivity index (χ0n) is 11.1. The van der Waals surface area contributed by atoms with Crippen LogP contribution >= 0.6 is 0 Å². The van der Waals surface area contributed by atoms with Crippen molar-refractivity contribution in [3.8, 4) is 5.82 Å². The van der Waals surface area contributed by atoms with E-state index in [-0.39, 0.29) is 5.91 Å². The largest absolute Gasteiger partial charge is 0.393 e. The summed E-state index contributed by atoms with van der Waals surface area (Å²) in [6.07, 6.45) is 5.39. The number of carbonyl (C=O) groups excluding carboxylic acids is 1. The van der Waals surface area contributed by atoms with Gasteiger partial charge in [-0.1, -0.05) is 0 Å². The number of nitrogens with zero attached hydrogens (tertiary/aromatic N) is 3. The highest BCUT2D eigenvalue weighted by Gasteiger charge is 2.16. The molecular formula is C13H18N4O2. The van der Waals surface area contributed by atoms with Crippen molar-refractivity contribution in [2.24, 2.45) is 7.05 Å². The van der Waals surface area contributed by atoms with Crippen molar-refractivity contribution < 1.29 is 9.90 Å². The zero-order valence-corrected chi connectivity index (χ0v) is 11.1. The second kappa shape index (κ2) is 5.71. The number of hydrogen-bond donors (Lipinski definition) is 2. The summed E-state index contributed by atoms with van der Waals surface area (Å²) in [5.41, 5.74) is 0.518. The third-order valence-electron chi connectivity index (χ3n) is 2.85. The molecule has 0 aliphatic carbocycles. The minimum absolute atomic E-state index is 0.183. The Morgan fingerprint density at radius 3 is 2.79 bits per heavy atom. The number of hydrogen-bond acceptors (Lipinski definition) is 3. The van der Waals surface area contributed by atoms with Crippen LogP contribution in [0.3, 0.4) is 0 Å². The molecule has 19 heavy (non-hydrogen) atoms. The monoisotopic (exact) mass is 262 g/mol. The van der Waals surface area contributed by atoms with E-state index in [9.17, 15) is 9.90 Å². The Kier molecular flexibility index (Phi) is 4.01. The van der Waals surface area contributed by atoms with Gasteiger partial charge in [-0.25, -0.2) is 0 Å². The van der Waals surface area contributed by atoms with Gasteiger partial charge in [0, 0.05) is 26.0 Å². The van der Waals surface area contributed by atoms with Crippen LogP contribution in [-0.4, -0.2) is 38.0 Å². The van der Waals surface area contributed by atoms with Gasteiger partial charge >= 0.3 is 0 Å². The molecule has 1 amide bonds. The molecule has 0 aliphatic heterocycles. The lowest BCUT2D eigenvalue weighted by Crippen LogP contribution is -2.27. The maximum absolute atomic E-state index is 12.1. The van der Waals surface area contributed by atoms with E-state index in [1.807, 2.05) is 29.1 Å². The van der Waals surface area contributed by atoms with E-state index in [0.717, 1.165) is 5.82 Å². The molecule has 0 saturated carbocycles. The standard InChI is InChI=1S/C13H18N4O2/c1-10(18)5-6-14-12(19)11-9-15-16(2)13(11)17-7-3-4-8-17/h3-4,7-10,18H,5-6H2,1-2H3,(H,14,19). The summed E-state index contributed by atoms with van der Waals surface area (Å²) in [5, 5.41) is 16.1. The number of amides is 1. The van der Waals surface area contributed by atoms with Gasteiger partial charge in [-0.05, 0) is 25.5 Å². The van der Waals surface area contributed by atoms with E-state index in [0.29, 0.717) is 18.5 Å². The molecule has 0 radical (unpaired) electrons. The van der Waals surface area contributed by atoms with E-state index >= 15 is 0 Å². The zero-order chi connectivity index (χ0) is 13.8. The minimum Gasteiger partial charge on any atom is -0.393 e. The predicted molar refractivity (Wildman–Crippen MR) is 71.2 cm³/mol. The number of aromatic nitrogens is 3. The molecule has 2 N–H and O–H groups in total. The quantitative estimate of drug-likeness (QED) is 0.833. The summed E-state index contributed by atoms with van der Waals surface area (Å²) >= 11 is 0. The topological polar surface area (TPSA) is 72.1 Å². The van der Waals surface area contributed by atoms with E-state index in [4.69, 9.17) is 0 Å². The molecule has 1 unspecified atom stereocenters. The van der Waals surface area contributed by atoms with Crippen LogP contribution in [0.1, 0.15) is 23.7 Å². The van der Waals surface area contributed by atoms with Gasteiger partial charge in [-0.2, -0.15) is 5.10 Å². The molecular weight excluding hydrogens is 244 g/mol. The Morgan fingerprint density at radius 1 is 1.47 bits per heavy atom. The molecule has 2 aromatic heterocycles. The summed E-state index contributed by atoms with van der Waals surface area (Å²) in [4.78, 5) is 12.1. The molecule has 0 spiro atoms. The highest BCUT2D eigenvalue weighted by atomic mass is 16.3. The fourth-order valence-corrected chi connectivity index (χ4v) is 1.86. The van der Waals surface area contributed by atoms with Gasteiger partial charge < -0.3 is 15.0 Å². The van der Waals surface area contributed by atoms with Crippen LogP contribution in [0, 0.1) is 0 Å². The van der Waals surface area contributed by atoms with Crippen molar-refractivity contribution in [2.75, 3.05) is 6.54 Å². The average molecular weight is 262 g/mol. The second-order valence-electron chi connectivity index (χ2n) is 4.49. The van der Waals surface area contributed by atoms with E-state index in [2.05, 4.69) is 10.4 Å². The van der Waals surface area contributed by atoms with Crippen LogP contribution in [0.25, 0.3) is 5.82 Å². The number of aliphatic hydroxyl groups is 1. The maximum atomic E-state index is 12.1. The van der Waals surface area contributed by atoms with Gasteiger partial charge in [0.2, 0.25) is 0 Å². The molecule has 0 aliphatic rings. The average Bonchev–Trinajstić information content (AvgIpc) is 2.96. The lowest BCUT2D eigenvalue weighted by Gasteiger charge is -2.09. The van der Waals surface area contributed by atoms with E-state index in [1.54, 1.807) is 24.9 Å². The fourth-order valence-electron chi connectivity index (χ4n) is 1.86. The molecule has 6 nitrogen and oxygen atoms in total. The van der Waals surface area contributed by atoms with Gasteiger partial charge in [0.1, 0.15) is 11.4 Å². The Bertz CT molecular complexity index is 543. The first-order chi connectivity index (χ1) is 9.09. The molecule has 2 aromatic rings. The first-order valence-corrected chi connectivity index (χ1v) is 6.21. The number of carbonyl (C=O) groups is 1. The lowest BCUT2D eigenvalue weighted by molar-refractivity contribution is 0.0945. The smallest absolute Gasteiger partial charge is 0.256 e. The van der Waals surface area contributed by atoms with Gasteiger partial charge in [-0.3, -0.25) is 9.48 Å². The van der Waals surface area contributed by atoms with Gasteiger partial charge in [0.15, 0.2) is 0 Å². The Morgan fingerprint density at radius 2 is 2.16 bits per heavy atom.